The van der Waals surface area contributed by atoms with E-state index in [2.05, 4.69) is 97.1 Å². The Balaban J connectivity index is 1.17. The maximum absolute atomic E-state index is 5.99. The first-order chi connectivity index (χ1) is 20.3. The fourth-order valence-corrected chi connectivity index (χ4v) is 5.91. The average molecular weight is 551 g/mol. The highest BCUT2D eigenvalue weighted by Crippen LogP contribution is 2.56. The number of hydrogen-bond donors (Lipinski definition) is 0. The molecular weight excluding hydrogens is 516 g/mol. The van der Waals surface area contributed by atoms with E-state index in [9.17, 15) is 0 Å². The SMILES string of the molecule is c1ccc2c(c1)-c1ccccc1C2(c1ccc(OCCOCC2CO2)cc1)c1ccc(OCCOC2CCO2)cc1. The highest BCUT2D eigenvalue weighted by molar-refractivity contribution is 5.86. The number of fused-ring (bicyclic) bond motifs is 3. The van der Waals surface area contributed by atoms with Gasteiger partial charge in [0.25, 0.3) is 0 Å². The fourth-order valence-electron chi connectivity index (χ4n) is 5.91. The molecule has 0 amide bonds. The summed E-state index contributed by atoms with van der Waals surface area (Å²) in [6.45, 7) is 4.25. The molecule has 0 N–H and O–H groups in total. The van der Waals surface area contributed by atoms with Crippen molar-refractivity contribution in [3.8, 4) is 22.6 Å². The molecular formula is C35H34O6. The third-order valence-corrected chi connectivity index (χ3v) is 8.04. The predicted octanol–water partition coefficient (Wildman–Crippen LogP) is 5.99. The minimum absolute atomic E-state index is 0.0733. The monoisotopic (exact) mass is 550 g/mol. The van der Waals surface area contributed by atoms with E-state index in [4.69, 9.17) is 28.4 Å². The molecule has 2 aliphatic heterocycles. The van der Waals surface area contributed by atoms with Crippen molar-refractivity contribution in [2.75, 3.05) is 46.2 Å². The molecule has 0 aromatic heterocycles. The van der Waals surface area contributed by atoms with E-state index in [1.807, 2.05) is 0 Å². The number of ether oxygens (including phenoxy) is 6. The molecule has 6 nitrogen and oxygen atoms in total. The van der Waals surface area contributed by atoms with Gasteiger partial charge < -0.3 is 28.4 Å². The van der Waals surface area contributed by atoms with Gasteiger partial charge >= 0.3 is 0 Å². The predicted molar refractivity (Wildman–Crippen MR) is 156 cm³/mol. The zero-order valence-corrected chi connectivity index (χ0v) is 23.0. The molecule has 2 atom stereocenters. The van der Waals surface area contributed by atoms with Crippen LogP contribution in [0.4, 0.5) is 0 Å². The summed E-state index contributed by atoms with van der Waals surface area (Å²) < 4.78 is 33.8. The van der Waals surface area contributed by atoms with Gasteiger partial charge in [0.05, 0.1) is 38.4 Å². The van der Waals surface area contributed by atoms with Crippen molar-refractivity contribution in [2.24, 2.45) is 0 Å². The molecule has 7 rings (SSSR count). The lowest BCUT2D eigenvalue weighted by molar-refractivity contribution is -0.216. The second-order valence-corrected chi connectivity index (χ2v) is 10.6. The van der Waals surface area contributed by atoms with Crippen LogP contribution in [0.2, 0.25) is 0 Å². The quantitative estimate of drug-likeness (QED) is 0.133. The molecule has 41 heavy (non-hydrogen) atoms. The molecule has 0 radical (unpaired) electrons. The van der Waals surface area contributed by atoms with Crippen molar-refractivity contribution in [3.63, 3.8) is 0 Å². The molecule has 4 aromatic carbocycles. The van der Waals surface area contributed by atoms with Crippen molar-refractivity contribution in [2.45, 2.75) is 24.2 Å². The number of hydrogen-bond acceptors (Lipinski definition) is 6. The van der Waals surface area contributed by atoms with Crippen molar-refractivity contribution in [1.29, 1.82) is 0 Å². The Morgan fingerprint density at radius 3 is 1.68 bits per heavy atom. The first kappa shape index (κ1) is 26.2. The van der Waals surface area contributed by atoms with Crippen LogP contribution in [0.15, 0.2) is 97.1 Å². The third kappa shape index (κ3) is 5.24. The van der Waals surface area contributed by atoms with Gasteiger partial charge in [0.15, 0.2) is 6.29 Å². The number of rotatable bonds is 13. The van der Waals surface area contributed by atoms with E-state index in [-0.39, 0.29) is 12.4 Å². The molecule has 2 saturated heterocycles. The molecule has 2 heterocycles. The van der Waals surface area contributed by atoms with Gasteiger partial charge in [-0.15, -0.1) is 0 Å². The van der Waals surface area contributed by atoms with E-state index in [1.165, 1.54) is 33.4 Å². The van der Waals surface area contributed by atoms with Gasteiger partial charge in [0.2, 0.25) is 0 Å². The minimum atomic E-state index is -0.470. The highest BCUT2D eigenvalue weighted by Gasteiger charge is 2.45. The van der Waals surface area contributed by atoms with Gasteiger partial charge in [-0.1, -0.05) is 72.8 Å². The zero-order valence-electron chi connectivity index (χ0n) is 23.0. The molecule has 2 fully saturated rings. The molecule has 0 spiro atoms. The second kappa shape index (κ2) is 11.7. The lowest BCUT2D eigenvalue weighted by Crippen LogP contribution is -2.31. The van der Waals surface area contributed by atoms with Crippen LogP contribution in [0.5, 0.6) is 11.5 Å². The smallest absolute Gasteiger partial charge is 0.159 e. The van der Waals surface area contributed by atoms with Crippen molar-refractivity contribution < 1.29 is 28.4 Å². The second-order valence-electron chi connectivity index (χ2n) is 10.6. The zero-order chi connectivity index (χ0) is 27.5. The largest absolute Gasteiger partial charge is 0.491 e. The Hall–Kier alpha value is -3.68. The van der Waals surface area contributed by atoms with E-state index >= 15 is 0 Å². The summed E-state index contributed by atoms with van der Waals surface area (Å²) in [7, 11) is 0. The number of benzene rings is 4. The molecule has 0 bridgehead atoms. The van der Waals surface area contributed by atoms with E-state index in [0.717, 1.165) is 31.1 Å². The first-order valence-corrected chi connectivity index (χ1v) is 14.4. The molecule has 6 heteroatoms. The summed E-state index contributed by atoms with van der Waals surface area (Å²) in [6.07, 6.45) is 1.15. The molecule has 2 unspecified atom stereocenters. The Bertz CT molecular complexity index is 1410. The van der Waals surface area contributed by atoms with Gasteiger partial charge in [-0.2, -0.15) is 0 Å². The van der Waals surface area contributed by atoms with Gasteiger partial charge in [0.1, 0.15) is 30.8 Å². The third-order valence-electron chi connectivity index (χ3n) is 8.04. The first-order valence-electron chi connectivity index (χ1n) is 14.4. The van der Waals surface area contributed by atoms with Gasteiger partial charge in [-0.25, -0.2) is 0 Å². The van der Waals surface area contributed by atoms with Crippen molar-refractivity contribution in [3.05, 3.63) is 119 Å². The van der Waals surface area contributed by atoms with E-state index in [1.54, 1.807) is 0 Å². The van der Waals surface area contributed by atoms with E-state index in [0.29, 0.717) is 33.0 Å². The maximum atomic E-state index is 5.99. The molecule has 1 aliphatic carbocycles. The van der Waals surface area contributed by atoms with Crippen LogP contribution in [0.3, 0.4) is 0 Å². The summed E-state index contributed by atoms with van der Waals surface area (Å²) in [5.74, 6) is 1.65. The van der Waals surface area contributed by atoms with Gasteiger partial charge in [-0.3, -0.25) is 0 Å². The molecule has 210 valence electrons. The molecule has 3 aliphatic rings. The summed E-state index contributed by atoms with van der Waals surface area (Å²) in [6, 6.07) is 34.5. The summed E-state index contributed by atoms with van der Waals surface area (Å²) in [4.78, 5) is 0. The molecule has 4 aromatic rings. The Morgan fingerprint density at radius 1 is 0.634 bits per heavy atom. The summed E-state index contributed by atoms with van der Waals surface area (Å²) in [5.41, 5.74) is 6.97. The maximum Gasteiger partial charge on any atom is 0.159 e. The van der Waals surface area contributed by atoms with Crippen LogP contribution in [-0.4, -0.2) is 58.6 Å². The normalized spacial score (nSPS) is 19.6. The van der Waals surface area contributed by atoms with Crippen LogP contribution < -0.4 is 9.47 Å². The van der Waals surface area contributed by atoms with Gasteiger partial charge in [-0.05, 0) is 57.6 Å². The van der Waals surface area contributed by atoms with Crippen molar-refractivity contribution in [1.82, 2.24) is 0 Å². The summed E-state index contributed by atoms with van der Waals surface area (Å²) >= 11 is 0. The lowest BCUT2D eigenvalue weighted by atomic mass is 9.68. The van der Waals surface area contributed by atoms with Crippen LogP contribution >= 0.6 is 0 Å². The summed E-state index contributed by atoms with van der Waals surface area (Å²) in [5, 5.41) is 0. The Morgan fingerprint density at radius 2 is 1.17 bits per heavy atom. The number of epoxide rings is 1. The highest BCUT2D eigenvalue weighted by atomic mass is 16.7. The van der Waals surface area contributed by atoms with E-state index < -0.39 is 5.41 Å². The molecule has 0 saturated carbocycles. The Kier molecular flexibility index (Phi) is 7.46. The minimum Gasteiger partial charge on any atom is -0.491 e. The standard InChI is InChI=1S/C35H34O6/c1-3-7-32-30(5-1)31-6-2-4-8-33(31)35(32,25-9-13-27(14-10-25)37-20-19-36-23-29-24-41-29)26-11-15-28(16-12-26)38-21-22-40-34-17-18-39-34/h1-16,29,34H,17-24H2. The van der Waals surface area contributed by atoms with Crippen molar-refractivity contribution >= 4 is 0 Å². The van der Waals surface area contributed by atoms with Crippen LogP contribution in [-0.2, 0) is 24.4 Å². The van der Waals surface area contributed by atoms with Crippen LogP contribution in [0.1, 0.15) is 28.7 Å². The van der Waals surface area contributed by atoms with Crippen LogP contribution in [0, 0.1) is 0 Å². The topological polar surface area (TPSA) is 58.7 Å². The fraction of sp³-hybridized carbons (Fsp3) is 0.314. The van der Waals surface area contributed by atoms with Gasteiger partial charge in [0, 0.05) is 6.42 Å². The average Bonchev–Trinajstić information content (AvgIpc) is 3.78. The van der Waals surface area contributed by atoms with Crippen LogP contribution in [0.25, 0.3) is 11.1 Å². The Labute approximate surface area is 240 Å². The lowest BCUT2D eigenvalue weighted by Gasteiger charge is -2.34.